The molecule has 86 valence electrons. The molecular formula is C14H11FO2. The highest BCUT2D eigenvalue weighted by atomic mass is 19.1. The number of ketones is 1. The van der Waals surface area contributed by atoms with Gasteiger partial charge in [-0.15, -0.1) is 0 Å². The van der Waals surface area contributed by atoms with E-state index in [0.717, 1.165) is 0 Å². The van der Waals surface area contributed by atoms with E-state index in [4.69, 9.17) is 4.74 Å². The van der Waals surface area contributed by atoms with Crippen LogP contribution in [0.1, 0.15) is 17.3 Å². The van der Waals surface area contributed by atoms with Crippen molar-refractivity contribution in [3.63, 3.8) is 0 Å². The summed E-state index contributed by atoms with van der Waals surface area (Å²) in [6.45, 7) is 1.38. The Morgan fingerprint density at radius 3 is 2.47 bits per heavy atom. The maximum atomic E-state index is 13.0. The molecule has 2 rings (SSSR count). The van der Waals surface area contributed by atoms with Gasteiger partial charge in [0.1, 0.15) is 17.3 Å². The summed E-state index contributed by atoms with van der Waals surface area (Å²) in [7, 11) is 0. The van der Waals surface area contributed by atoms with Gasteiger partial charge >= 0.3 is 0 Å². The standard InChI is InChI=1S/C14H11FO2/c1-10(16)13-9-11(15)7-8-14(13)17-12-5-3-2-4-6-12/h2-9H,1H3. The molecule has 2 aromatic carbocycles. The van der Waals surface area contributed by atoms with Crippen molar-refractivity contribution in [1.29, 1.82) is 0 Å². The van der Waals surface area contributed by atoms with Gasteiger partial charge in [-0.25, -0.2) is 4.39 Å². The number of Topliss-reactive ketones (excluding diaryl/α,β-unsaturated/α-hetero) is 1. The summed E-state index contributed by atoms with van der Waals surface area (Å²) in [4.78, 5) is 11.4. The molecular weight excluding hydrogens is 219 g/mol. The first-order chi connectivity index (χ1) is 8.16. The molecule has 17 heavy (non-hydrogen) atoms. The second kappa shape index (κ2) is 4.78. The van der Waals surface area contributed by atoms with Crippen molar-refractivity contribution in [1.82, 2.24) is 0 Å². The van der Waals surface area contributed by atoms with Crippen molar-refractivity contribution in [3.8, 4) is 11.5 Å². The maximum absolute atomic E-state index is 13.0. The number of ether oxygens (including phenoxy) is 1. The predicted octanol–water partition coefficient (Wildman–Crippen LogP) is 3.82. The molecule has 0 spiro atoms. The largest absolute Gasteiger partial charge is 0.457 e. The molecule has 0 unspecified atom stereocenters. The second-order valence-corrected chi connectivity index (χ2v) is 3.61. The highest BCUT2D eigenvalue weighted by molar-refractivity contribution is 5.96. The monoisotopic (exact) mass is 230 g/mol. The maximum Gasteiger partial charge on any atom is 0.163 e. The van der Waals surface area contributed by atoms with E-state index in [-0.39, 0.29) is 11.3 Å². The Balaban J connectivity index is 2.36. The van der Waals surface area contributed by atoms with Crippen molar-refractivity contribution in [2.75, 3.05) is 0 Å². The van der Waals surface area contributed by atoms with E-state index in [1.54, 1.807) is 12.1 Å². The molecule has 0 N–H and O–H groups in total. The summed E-state index contributed by atoms with van der Waals surface area (Å²) < 4.78 is 18.6. The average Bonchev–Trinajstić information content (AvgIpc) is 2.32. The number of hydrogen-bond donors (Lipinski definition) is 0. The van der Waals surface area contributed by atoms with Crippen LogP contribution in [0.2, 0.25) is 0 Å². The SMILES string of the molecule is CC(=O)c1cc(F)ccc1Oc1ccccc1. The zero-order valence-electron chi connectivity index (χ0n) is 9.31. The van der Waals surface area contributed by atoms with Gasteiger partial charge in [0, 0.05) is 0 Å². The molecule has 0 aliphatic heterocycles. The van der Waals surface area contributed by atoms with E-state index in [1.165, 1.54) is 25.1 Å². The molecule has 0 aromatic heterocycles. The van der Waals surface area contributed by atoms with Crippen LogP contribution in [0, 0.1) is 5.82 Å². The van der Waals surface area contributed by atoms with Gasteiger partial charge in [-0.2, -0.15) is 0 Å². The fourth-order valence-corrected chi connectivity index (χ4v) is 1.48. The minimum absolute atomic E-state index is 0.226. The van der Waals surface area contributed by atoms with Crippen LogP contribution in [0.4, 0.5) is 4.39 Å². The van der Waals surface area contributed by atoms with Crippen LogP contribution in [0.5, 0.6) is 11.5 Å². The number of benzene rings is 2. The Labute approximate surface area is 98.7 Å². The third kappa shape index (κ3) is 2.69. The van der Waals surface area contributed by atoms with Crippen molar-refractivity contribution >= 4 is 5.78 Å². The first-order valence-electron chi connectivity index (χ1n) is 5.20. The van der Waals surface area contributed by atoms with Gasteiger partial charge in [-0.3, -0.25) is 4.79 Å². The van der Waals surface area contributed by atoms with Crippen LogP contribution in [-0.2, 0) is 0 Å². The number of carbonyl (C=O) groups is 1. The summed E-state index contributed by atoms with van der Waals surface area (Å²) in [6, 6.07) is 13.0. The van der Waals surface area contributed by atoms with Crippen LogP contribution in [-0.4, -0.2) is 5.78 Å². The topological polar surface area (TPSA) is 26.3 Å². The molecule has 0 atom stereocenters. The van der Waals surface area contributed by atoms with E-state index >= 15 is 0 Å². The quantitative estimate of drug-likeness (QED) is 0.749. The molecule has 0 saturated carbocycles. The first-order valence-corrected chi connectivity index (χ1v) is 5.20. The normalized spacial score (nSPS) is 10.0. The average molecular weight is 230 g/mol. The van der Waals surface area contributed by atoms with Gasteiger partial charge < -0.3 is 4.74 Å². The number of rotatable bonds is 3. The van der Waals surface area contributed by atoms with E-state index in [9.17, 15) is 9.18 Å². The van der Waals surface area contributed by atoms with Crippen molar-refractivity contribution < 1.29 is 13.9 Å². The minimum atomic E-state index is -0.449. The fraction of sp³-hybridized carbons (Fsp3) is 0.0714. The Morgan fingerprint density at radius 1 is 1.12 bits per heavy atom. The number of carbonyl (C=O) groups excluding carboxylic acids is 1. The molecule has 0 fully saturated rings. The lowest BCUT2D eigenvalue weighted by atomic mass is 10.1. The molecule has 0 amide bonds. The molecule has 2 nitrogen and oxygen atoms in total. The molecule has 0 saturated heterocycles. The first kappa shape index (κ1) is 11.3. The van der Waals surface area contributed by atoms with Crippen molar-refractivity contribution in [2.24, 2.45) is 0 Å². The Morgan fingerprint density at radius 2 is 1.82 bits per heavy atom. The minimum Gasteiger partial charge on any atom is -0.457 e. The Bertz CT molecular complexity index is 535. The zero-order valence-corrected chi connectivity index (χ0v) is 9.31. The molecule has 0 aliphatic carbocycles. The highest BCUT2D eigenvalue weighted by Gasteiger charge is 2.10. The van der Waals surface area contributed by atoms with Crippen LogP contribution in [0.25, 0.3) is 0 Å². The van der Waals surface area contributed by atoms with Gasteiger partial charge in [-0.05, 0) is 37.3 Å². The van der Waals surface area contributed by atoms with Crippen LogP contribution < -0.4 is 4.74 Å². The highest BCUT2D eigenvalue weighted by Crippen LogP contribution is 2.26. The predicted molar refractivity (Wildman–Crippen MR) is 62.9 cm³/mol. The van der Waals surface area contributed by atoms with Crippen molar-refractivity contribution in [2.45, 2.75) is 6.92 Å². The Kier molecular flexibility index (Phi) is 3.19. The third-order valence-electron chi connectivity index (χ3n) is 2.29. The lowest BCUT2D eigenvalue weighted by Gasteiger charge is -2.09. The Hall–Kier alpha value is -2.16. The van der Waals surface area contributed by atoms with Crippen molar-refractivity contribution in [3.05, 3.63) is 59.9 Å². The van der Waals surface area contributed by atoms with Gasteiger partial charge in [-0.1, -0.05) is 18.2 Å². The molecule has 2 aromatic rings. The number of para-hydroxylation sites is 1. The van der Waals surface area contributed by atoms with E-state index < -0.39 is 5.82 Å². The summed E-state index contributed by atoms with van der Waals surface area (Å²) in [5, 5.41) is 0. The van der Waals surface area contributed by atoms with Gasteiger partial charge in [0.25, 0.3) is 0 Å². The van der Waals surface area contributed by atoms with Gasteiger partial charge in [0.05, 0.1) is 5.56 Å². The third-order valence-corrected chi connectivity index (χ3v) is 2.29. The summed E-state index contributed by atoms with van der Waals surface area (Å²) >= 11 is 0. The molecule has 0 bridgehead atoms. The number of hydrogen-bond acceptors (Lipinski definition) is 2. The van der Waals surface area contributed by atoms with Gasteiger partial charge in [0.15, 0.2) is 5.78 Å². The summed E-state index contributed by atoms with van der Waals surface area (Å²) in [5.74, 6) is 0.303. The summed E-state index contributed by atoms with van der Waals surface area (Å²) in [6.07, 6.45) is 0. The zero-order chi connectivity index (χ0) is 12.3. The van der Waals surface area contributed by atoms with Crippen LogP contribution in [0.3, 0.4) is 0 Å². The molecule has 0 heterocycles. The van der Waals surface area contributed by atoms with Gasteiger partial charge in [0.2, 0.25) is 0 Å². The summed E-state index contributed by atoms with van der Waals surface area (Å²) in [5.41, 5.74) is 0.244. The number of halogens is 1. The molecule has 0 radical (unpaired) electrons. The van der Waals surface area contributed by atoms with E-state index in [2.05, 4.69) is 0 Å². The van der Waals surface area contributed by atoms with E-state index in [0.29, 0.717) is 11.5 Å². The fourth-order valence-electron chi connectivity index (χ4n) is 1.48. The smallest absolute Gasteiger partial charge is 0.163 e. The lowest BCUT2D eigenvalue weighted by Crippen LogP contribution is -1.97. The molecule has 0 aliphatic rings. The molecule has 3 heteroatoms. The van der Waals surface area contributed by atoms with E-state index in [1.807, 2.05) is 18.2 Å². The second-order valence-electron chi connectivity index (χ2n) is 3.61. The lowest BCUT2D eigenvalue weighted by molar-refractivity contribution is 0.101. The van der Waals surface area contributed by atoms with Crippen LogP contribution >= 0.6 is 0 Å². The van der Waals surface area contributed by atoms with Crippen LogP contribution in [0.15, 0.2) is 48.5 Å².